The Hall–Kier alpha value is -1.02. The van der Waals surface area contributed by atoms with Crippen LogP contribution in [0.1, 0.15) is 31.2 Å². The molecule has 2 atom stereocenters. The average Bonchev–Trinajstić information content (AvgIpc) is 2.82. The smallest absolute Gasteiger partial charge is 0.0595 e. The van der Waals surface area contributed by atoms with Crippen molar-refractivity contribution in [3.63, 3.8) is 0 Å². The molecule has 0 radical (unpaired) electrons. The Bertz CT molecular complexity index is 358. The normalized spacial score (nSPS) is 28.5. The Kier molecular flexibility index (Phi) is 2.83. The van der Waals surface area contributed by atoms with Gasteiger partial charge in [-0.2, -0.15) is 0 Å². The molecule has 0 spiro atoms. The third-order valence-corrected chi connectivity index (χ3v) is 3.71. The van der Waals surface area contributed by atoms with Gasteiger partial charge in [0.25, 0.3) is 0 Å². The Labute approximate surface area is 97.0 Å². The van der Waals surface area contributed by atoms with E-state index in [1.807, 2.05) is 0 Å². The summed E-state index contributed by atoms with van der Waals surface area (Å²) >= 11 is 0. The van der Waals surface area contributed by atoms with Gasteiger partial charge in [-0.3, -0.25) is 0 Å². The monoisotopic (exact) mass is 217 g/mol. The Morgan fingerprint density at radius 3 is 3.06 bits per heavy atom. The van der Waals surface area contributed by atoms with Crippen LogP contribution in [0.4, 0.5) is 5.69 Å². The molecule has 1 saturated heterocycles. The van der Waals surface area contributed by atoms with Crippen molar-refractivity contribution in [2.24, 2.45) is 0 Å². The largest absolute Gasteiger partial charge is 0.382 e. The minimum absolute atomic E-state index is 0.503. The Morgan fingerprint density at radius 1 is 1.25 bits per heavy atom. The molecule has 1 fully saturated rings. The summed E-state index contributed by atoms with van der Waals surface area (Å²) in [5, 5.41) is 3.64. The zero-order valence-corrected chi connectivity index (χ0v) is 9.61. The fraction of sp³-hybridized carbons (Fsp3) is 0.571. The van der Waals surface area contributed by atoms with E-state index >= 15 is 0 Å². The fourth-order valence-corrected chi connectivity index (χ4v) is 2.83. The van der Waals surface area contributed by atoms with Gasteiger partial charge >= 0.3 is 0 Å². The van der Waals surface area contributed by atoms with Gasteiger partial charge in [-0.05, 0) is 43.7 Å². The second-order valence-electron chi connectivity index (χ2n) is 4.91. The molecule has 2 heteroatoms. The first-order chi connectivity index (χ1) is 7.92. The molecule has 0 aliphatic carbocycles. The number of aryl methyl sites for hydroxylation is 1. The summed E-state index contributed by atoms with van der Waals surface area (Å²) in [6.07, 6.45) is 6.63. The standard InChI is InChI=1S/C14H19NO/c1-2-6-14-11(4-1)7-8-12(15-14)10-13-5-3-9-16-13/h1-2,4,6,12-13,15H,3,5,7-10H2. The molecule has 0 aromatic heterocycles. The summed E-state index contributed by atoms with van der Waals surface area (Å²) < 4.78 is 5.70. The molecule has 16 heavy (non-hydrogen) atoms. The molecular weight excluding hydrogens is 198 g/mol. The highest BCUT2D eigenvalue weighted by atomic mass is 16.5. The lowest BCUT2D eigenvalue weighted by Crippen LogP contribution is -2.29. The zero-order chi connectivity index (χ0) is 10.8. The summed E-state index contributed by atoms with van der Waals surface area (Å²) in [4.78, 5) is 0. The van der Waals surface area contributed by atoms with Gasteiger partial charge in [0.15, 0.2) is 0 Å². The molecular formula is C14H19NO. The van der Waals surface area contributed by atoms with Crippen molar-refractivity contribution in [2.75, 3.05) is 11.9 Å². The number of fused-ring (bicyclic) bond motifs is 1. The molecule has 1 aromatic carbocycles. The van der Waals surface area contributed by atoms with Crippen molar-refractivity contribution in [1.82, 2.24) is 0 Å². The summed E-state index contributed by atoms with van der Waals surface area (Å²) in [6, 6.07) is 9.26. The van der Waals surface area contributed by atoms with E-state index < -0.39 is 0 Å². The highest BCUT2D eigenvalue weighted by Gasteiger charge is 2.23. The maximum absolute atomic E-state index is 5.70. The van der Waals surface area contributed by atoms with Crippen LogP contribution in [-0.2, 0) is 11.2 Å². The van der Waals surface area contributed by atoms with Gasteiger partial charge < -0.3 is 10.1 Å². The SMILES string of the molecule is c1ccc2c(c1)CCC(CC1CCCO1)N2. The fourth-order valence-electron chi connectivity index (χ4n) is 2.83. The van der Waals surface area contributed by atoms with Crippen molar-refractivity contribution in [3.05, 3.63) is 29.8 Å². The van der Waals surface area contributed by atoms with E-state index in [1.54, 1.807) is 0 Å². The second-order valence-corrected chi connectivity index (χ2v) is 4.91. The molecule has 0 amide bonds. The van der Waals surface area contributed by atoms with Crippen molar-refractivity contribution < 1.29 is 4.74 Å². The molecule has 2 heterocycles. The van der Waals surface area contributed by atoms with Crippen LogP contribution >= 0.6 is 0 Å². The first-order valence-electron chi connectivity index (χ1n) is 6.38. The highest BCUT2D eigenvalue weighted by Crippen LogP contribution is 2.28. The molecule has 86 valence electrons. The van der Waals surface area contributed by atoms with Crippen LogP contribution in [-0.4, -0.2) is 18.8 Å². The average molecular weight is 217 g/mol. The summed E-state index contributed by atoms with van der Waals surface area (Å²) in [6.45, 7) is 0.966. The van der Waals surface area contributed by atoms with Crippen LogP contribution in [0.2, 0.25) is 0 Å². The van der Waals surface area contributed by atoms with Crippen molar-refractivity contribution in [3.8, 4) is 0 Å². The topological polar surface area (TPSA) is 21.3 Å². The number of para-hydroxylation sites is 1. The number of rotatable bonds is 2. The van der Waals surface area contributed by atoms with Crippen molar-refractivity contribution >= 4 is 5.69 Å². The first-order valence-corrected chi connectivity index (χ1v) is 6.38. The number of hydrogen-bond acceptors (Lipinski definition) is 2. The van der Waals surface area contributed by atoms with Gasteiger partial charge in [0.2, 0.25) is 0 Å². The van der Waals surface area contributed by atoms with Crippen LogP contribution in [0.15, 0.2) is 24.3 Å². The van der Waals surface area contributed by atoms with E-state index in [0.717, 1.165) is 6.61 Å². The number of benzene rings is 1. The minimum atomic E-state index is 0.503. The second kappa shape index (κ2) is 4.46. The lowest BCUT2D eigenvalue weighted by molar-refractivity contribution is 0.0989. The number of ether oxygens (including phenoxy) is 1. The Morgan fingerprint density at radius 2 is 2.19 bits per heavy atom. The van der Waals surface area contributed by atoms with Crippen LogP contribution < -0.4 is 5.32 Å². The summed E-state index contributed by atoms with van der Waals surface area (Å²) in [5.41, 5.74) is 2.79. The quantitative estimate of drug-likeness (QED) is 0.822. The van der Waals surface area contributed by atoms with Crippen LogP contribution in [0.5, 0.6) is 0 Å². The van der Waals surface area contributed by atoms with Gasteiger partial charge in [0, 0.05) is 18.3 Å². The maximum Gasteiger partial charge on any atom is 0.0595 e. The molecule has 2 aliphatic heterocycles. The highest BCUT2D eigenvalue weighted by molar-refractivity contribution is 5.53. The predicted octanol–water partition coefficient (Wildman–Crippen LogP) is 2.98. The molecule has 1 aromatic rings. The molecule has 2 aliphatic rings. The van der Waals surface area contributed by atoms with E-state index in [2.05, 4.69) is 29.6 Å². The van der Waals surface area contributed by atoms with Gasteiger partial charge in [-0.25, -0.2) is 0 Å². The third-order valence-electron chi connectivity index (χ3n) is 3.71. The van der Waals surface area contributed by atoms with Crippen LogP contribution in [0.3, 0.4) is 0 Å². The summed E-state index contributed by atoms with van der Waals surface area (Å²) in [7, 11) is 0. The Balaban J connectivity index is 1.63. The van der Waals surface area contributed by atoms with Gasteiger partial charge in [-0.1, -0.05) is 18.2 Å². The predicted molar refractivity (Wildman–Crippen MR) is 65.8 cm³/mol. The third kappa shape index (κ3) is 2.07. The molecule has 0 saturated carbocycles. The van der Waals surface area contributed by atoms with Crippen LogP contribution in [0, 0.1) is 0 Å². The molecule has 1 N–H and O–H groups in total. The molecule has 3 rings (SSSR count). The van der Waals surface area contributed by atoms with E-state index in [1.165, 1.54) is 43.4 Å². The minimum Gasteiger partial charge on any atom is -0.382 e. The van der Waals surface area contributed by atoms with Gasteiger partial charge in [-0.15, -0.1) is 0 Å². The summed E-state index contributed by atoms with van der Waals surface area (Å²) in [5.74, 6) is 0. The number of anilines is 1. The maximum atomic E-state index is 5.70. The van der Waals surface area contributed by atoms with E-state index in [9.17, 15) is 0 Å². The van der Waals surface area contributed by atoms with Crippen molar-refractivity contribution in [1.29, 1.82) is 0 Å². The zero-order valence-electron chi connectivity index (χ0n) is 9.61. The number of hydrogen-bond donors (Lipinski definition) is 1. The van der Waals surface area contributed by atoms with Gasteiger partial charge in [0.1, 0.15) is 0 Å². The van der Waals surface area contributed by atoms with Crippen molar-refractivity contribution in [2.45, 2.75) is 44.2 Å². The lowest BCUT2D eigenvalue weighted by atomic mass is 9.94. The van der Waals surface area contributed by atoms with E-state index in [0.29, 0.717) is 12.1 Å². The van der Waals surface area contributed by atoms with E-state index in [4.69, 9.17) is 4.74 Å². The van der Waals surface area contributed by atoms with E-state index in [-0.39, 0.29) is 0 Å². The molecule has 0 bridgehead atoms. The van der Waals surface area contributed by atoms with Gasteiger partial charge in [0.05, 0.1) is 6.10 Å². The van der Waals surface area contributed by atoms with Crippen LogP contribution in [0.25, 0.3) is 0 Å². The first kappa shape index (κ1) is 10.2. The lowest BCUT2D eigenvalue weighted by Gasteiger charge is -2.28. The molecule has 2 unspecified atom stereocenters. The number of nitrogens with one attached hydrogen (secondary N) is 1. The molecule has 2 nitrogen and oxygen atoms in total.